The van der Waals surface area contributed by atoms with Crippen molar-refractivity contribution in [3.8, 4) is 0 Å². The molecule has 1 aliphatic carbocycles. The predicted molar refractivity (Wildman–Crippen MR) is 87.0 cm³/mol. The van der Waals surface area contributed by atoms with E-state index >= 15 is 0 Å². The van der Waals surface area contributed by atoms with Gasteiger partial charge in [-0.3, -0.25) is 0 Å². The molecule has 23 heavy (non-hydrogen) atoms. The Kier molecular flexibility index (Phi) is 4.62. The molecule has 3 rings (SSSR count). The van der Waals surface area contributed by atoms with Crippen LogP contribution in [0.5, 0.6) is 0 Å². The molecule has 0 amide bonds. The van der Waals surface area contributed by atoms with Crippen LogP contribution in [0, 0.1) is 5.92 Å². The number of hydrogen-bond donors (Lipinski definition) is 1. The van der Waals surface area contributed by atoms with E-state index in [0.717, 1.165) is 31.6 Å². The number of hydrogen-bond acceptors (Lipinski definition) is 6. The summed E-state index contributed by atoms with van der Waals surface area (Å²) in [5.41, 5.74) is 0. The van der Waals surface area contributed by atoms with Crippen LogP contribution >= 0.6 is 0 Å². The first-order valence-corrected chi connectivity index (χ1v) is 9.98. The first-order chi connectivity index (χ1) is 10.9. The van der Waals surface area contributed by atoms with Gasteiger partial charge >= 0.3 is 0 Å². The number of ether oxygens (including phenoxy) is 2. The Labute approximate surface area is 137 Å². The highest BCUT2D eigenvalue weighted by molar-refractivity contribution is 7.90. The van der Waals surface area contributed by atoms with Crippen LogP contribution in [0.25, 0.3) is 0 Å². The smallest absolute Gasteiger partial charge is 0.179 e. The van der Waals surface area contributed by atoms with Crippen LogP contribution in [0.1, 0.15) is 32.6 Å². The maximum atomic E-state index is 11.8. The molecule has 6 nitrogen and oxygen atoms in total. The molecule has 1 spiro atoms. The molecule has 2 heterocycles. The highest BCUT2D eigenvalue weighted by Crippen LogP contribution is 2.39. The summed E-state index contributed by atoms with van der Waals surface area (Å²) in [4.78, 5) is 4.34. The van der Waals surface area contributed by atoms with Crippen LogP contribution in [0.4, 0.5) is 5.82 Å². The van der Waals surface area contributed by atoms with Gasteiger partial charge in [-0.2, -0.15) is 0 Å². The summed E-state index contributed by atoms with van der Waals surface area (Å²) in [5.74, 6) is 0.676. The zero-order chi connectivity index (χ0) is 16.5. The molecule has 2 fully saturated rings. The fourth-order valence-corrected chi connectivity index (χ4v) is 4.02. The molecule has 1 atom stereocenters. The third-order valence-corrected chi connectivity index (χ3v) is 5.75. The number of aromatic nitrogens is 1. The summed E-state index contributed by atoms with van der Waals surface area (Å²) in [7, 11) is -3.31. The molecule has 0 aromatic carbocycles. The minimum Gasteiger partial charge on any atom is -0.366 e. The highest BCUT2D eigenvalue weighted by atomic mass is 32.2. The fourth-order valence-electron chi connectivity index (χ4n) is 3.21. The number of anilines is 1. The standard InChI is InChI=1S/C16H24N2O4S/c1-12-5-7-16(8-6-12)21-11-13(22-16)10-18-15-14(23(2,19)20)4-3-9-17-15/h3-4,9,12-13H,5-8,10-11H2,1-2H3,(H,17,18). The van der Waals surface area contributed by atoms with Crippen molar-refractivity contribution in [1.29, 1.82) is 0 Å². The van der Waals surface area contributed by atoms with E-state index in [1.54, 1.807) is 18.3 Å². The molecule has 1 unspecified atom stereocenters. The van der Waals surface area contributed by atoms with Gasteiger partial charge in [-0.25, -0.2) is 13.4 Å². The zero-order valence-electron chi connectivity index (χ0n) is 13.6. The maximum Gasteiger partial charge on any atom is 0.179 e. The third-order valence-electron chi connectivity index (χ3n) is 4.62. The van der Waals surface area contributed by atoms with Gasteiger partial charge in [-0.05, 0) is 30.9 Å². The predicted octanol–water partition coefficient (Wildman–Crippen LogP) is 2.22. The summed E-state index contributed by atoms with van der Waals surface area (Å²) in [6.07, 6.45) is 6.79. The van der Waals surface area contributed by atoms with E-state index in [0.29, 0.717) is 19.0 Å². The van der Waals surface area contributed by atoms with Crippen LogP contribution in [-0.4, -0.2) is 44.7 Å². The molecule has 1 aliphatic heterocycles. The second kappa shape index (κ2) is 6.37. The lowest BCUT2D eigenvalue weighted by atomic mass is 9.86. The van der Waals surface area contributed by atoms with Gasteiger partial charge in [-0.1, -0.05) is 6.92 Å². The van der Waals surface area contributed by atoms with Gasteiger partial charge in [0, 0.05) is 31.8 Å². The molecule has 1 N–H and O–H groups in total. The van der Waals surface area contributed by atoms with Crippen LogP contribution in [0.2, 0.25) is 0 Å². The van der Waals surface area contributed by atoms with E-state index < -0.39 is 15.6 Å². The number of sulfone groups is 1. The largest absolute Gasteiger partial charge is 0.366 e. The van der Waals surface area contributed by atoms with Gasteiger partial charge in [0.15, 0.2) is 15.6 Å². The van der Waals surface area contributed by atoms with Gasteiger partial charge in [0.05, 0.1) is 6.61 Å². The highest BCUT2D eigenvalue weighted by Gasteiger charge is 2.43. The number of rotatable bonds is 4. The lowest BCUT2D eigenvalue weighted by Crippen LogP contribution is -2.36. The minimum atomic E-state index is -3.31. The van der Waals surface area contributed by atoms with E-state index in [4.69, 9.17) is 9.47 Å². The van der Waals surface area contributed by atoms with Crippen molar-refractivity contribution in [3.63, 3.8) is 0 Å². The Balaban J connectivity index is 1.60. The second-order valence-corrected chi connectivity index (χ2v) is 8.63. The van der Waals surface area contributed by atoms with Crippen LogP contribution in [0.3, 0.4) is 0 Å². The Hall–Kier alpha value is -1.18. The first kappa shape index (κ1) is 16.7. The van der Waals surface area contributed by atoms with Crippen molar-refractivity contribution in [2.75, 3.05) is 24.7 Å². The number of nitrogens with one attached hydrogen (secondary N) is 1. The summed E-state index contributed by atoms with van der Waals surface area (Å²) in [6.45, 7) is 3.27. The van der Waals surface area contributed by atoms with Gasteiger partial charge in [0.25, 0.3) is 0 Å². The van der Waals surface area contributed by atoms with E-state index in [1.807, 2.05) is 0 Å². The average Bonchev–Trinajstić information content (AvgIpc) is 2.91. The molecule has 1 saturated carbocycles. The quantitative estimate of drug-likeness (QED) is 0.905. The summed E-state index contributed by atoms with van der Waals surface area (Å²) in [6, 6.07) is 3.18. The Bertz CT molecular complexity index is 654. The van der Waals surface area contributed by atoms with Crippen molar-refractivity contribution in [2.24, 2.45) is 5.92 Å². The average molecular weight is 340 g/mol. The summed E-state index contributed by atoms with van der Waals surface area (Å²) in [5, 5.41) is 3.10. The Morgan fingerprint density at radius 3 is 2.83 bits per heavy atom. The Morgan fingerprint density at radius 1 is 1.39 bits per heavy atom. The fraction of sp³-hybridized carbons (Fsp3) is 0.688. The Morgan fingerprint density at radius 2 is 2.13 bits per heavy atom. The molecule has 1 saturated heterocycles. The van der Waals surface area contributed by atoms with Crippen molar-refractivity contribution < 1.29 is 17.9 Å². The van der Waals surface area contributed by atoms with Crippen LogP contribution in [-0.2, 0) is 19.3 Å². The molecule has 0 radical (unpaired) electrons. The van der Waals surface area contributed by atoms with Crippen molar-refractivity contribution in [3.05, 3.63) is 18.3 Å². The molecule has 1 aromatic heterocycles. The molecule has 7 heteroatoms. The molecule has 1 aromatic rings. The van der Waals surface area contributed by atoms with Crippen LogP contribution in [0.15, 0.2) is 23.2 Å². The molecular weight excluding hydrogens is 316 g/mol. The van der Waals surface area contributed by atoms with E-state index in [-0.39, 0.29) is 11.0 Å². The lowest BCUT2D eigenvalue weighted by molar-refractivity contribution is -0.190. The van der Waals surface area contributed by atoms with E-state index in [9.17, 15) is 8.42 Å². The zero-order valence-corrected chi connectivity index (χ0v) is 14.4. The van der Waals surface area contributed by atoms with Gasteiger partial charge in [0.1, 0.15) is 16.8 Å². The second-order valence-electron chi connectivity index (χ2n) is 6.65. The first-order valence-electron chi connectivity index (χ1n) is 8.09. The topological polar surface area (TPSA) is 77.5 Å². The lowest BCUT2D eigenvalue weighted by Gasteiger charge is -2.34. The summed E-state index contributed by atoms with van der Waals surface area (Å²) >= 11 is 0. The molecule has 128 valence electrons. The maximum absolute atomic E-state index is 11.8. The van der Waals surface area contributed by atoms with Crippen LogP contribution < -0.4 is 5.32 Å². The number of nitrogens with zero attached hydrogens (tertiary/aromatic N) is 1. The van der Waals surface area contributed by atoms with Gasteiger partial charge in [0.2, 0.25) is 0 Å². The third kappa shape index (κ3) is 3.84. The molecule has 0 bridgehead atoms. The van der Waals surface area contributed by atoms with E-state index in [1.165, 1.54) is 6.26 Å². The monoisotopic (exact) mass is 340 g/mol. The van der Waals surface area contributed by atoms with E-state index in [2.05, 4.69) is 17.2 Å². The van der Waals surface area contributed by atoms with Crippen molar-refractivity contribution >= 4 is 15.7 Å². The SMILES string of the molecule is CC1CCC2(CC1)OCC(CNc1ncccc1S(C)(=O)=O)O2. The van der Waals surface area contributed by atoms with Gasteiger partial charge < -0.3 is 14.8 Å². The number of pyridine rings is 1. The van der Waals surface area contributed by atoms with Crippen molar-refractivity contribution in [2.45, 2.75) is 49.4 Å². The summed E-state index contributed by atoms with van der Waals surface area (Å²) < 4.78 is 35.6. The van der Waals surface area contributed by atoms with Gasteiger partial charge in [-0.15, -0.1) is 0 Å². The van der Waals surface area contributed by atoms with Crippen molar-refractivity contribution in [1.82, 2.24) is 4.98 Å². The molecule has 2 aliphatic rings. The minimum absolute atomic E-state index is 0.0853. The molecular formula is C16H24N2O4S. The normalized spacial score (nSPS) is 31.4.